The van der Waals surface area contributed by atoms with Crippen molar-refractivity contribution < 1.29 is 10.2 Å². The zero-order chi connectivity index (χ0) is 12.4. The lowest BCUT2D eigenvalue weighted by Crippen LogP contribution is -2.35. The summed E-state index contributed by atoms with van der Waals surface area (Å²) in [6.07, 6.45) is 0.707. The highest BCUT2D eigenvalue weighted by Crippen LogP contribution is 2.30. The minimum absolute atomic E-state index is 0.208. The third kappa shape index (κ3) is 2.45. The lowest BCUT2D eigenvalue weighted by atomic mass is 10.0. The summed E-state index contributed by atoms with van der Waals surface area (Å²) in [6, 6.07) is 8.20. The standard InChI is InChI=1S/C14H21NO2/c1-10-7-8-15(14(10)9-16)13-5-3-12(4-6-13)11(2)17/h3-6,10-11,14,16-17H,7-9H2,1-2H3/t10?,11-,14?/m0/s1. The summed E-state index contributed by atoms with van der Waals surface area (Å²) in [7, 11) is 0. The maximum absolute atomic E-state index is 9.47. The number of aliphatic hydroxyl groups excluding tert-OH is 2. The molecular weight excluding hydrogens is 214 g/mol. The predicted octanol–water partition coefficient (Wildman–Crippen LogP) is 1.95. The molecule has 0 spiro atoms. The van der Waals surface area contributed by atoms with Gasteiger partial charge >= 0.3 is 0 Å². The number of aliphatic hydroxyl groups is 2. The van der Waals surface area contributed by atoms with Crippen LogP contribution in [0, 0.1) is 5.92 Å². The Morgan fingerprint density at radius 1 is 1.35 bits per heavy atom. The van der Waals surface area contributed by atoms with Gasteiger partial charge in [0.2, 0.25) is 0 Å². The summed E-state index contributed by atoms with van der Waals surface area (Å²) in [5, 5.41) is 18.9. The molecule has 94 valence electrons. The van der Waals surface area contributed by atoms with Crippen molar-refractivity contribution in [3.63, 3.8) is 0 Å². The Morgan fingerprint density at radius 2 is 2.00 bits per heavy atom. The molecule has 0 amide bonds. The van der Waals surface area contributed by atoms with E-state index in [1.165, 1.54) is 0 Å². The molecule has 1 aliphatic heterocycles. The van der Waals surface area contributed by atoms with Crippen LogP contribution >= 0.6 is 0 Å². The summed E-state index contributed by atoms with van der Waals surface area (Å²) in [5.74, 6) is 0.538. The van der Waals surface area contributed by atoms with Crippen molar-refractivity contribution in [3.8, 4) is 0 Å². The molecule has 3 heteroatoms. The Morgan fingerprint density at radius 3 is 2.53 bits per heavy atom. The molecule has 17 heavy (non-hydrogen) atoms. The van der Waals surface area contributed by atoms with E-state index in [0.29, 0.717) is 5.92 Å². The molecule has 1 aromatic carbocycles. The number of rotatable bonds is 3. The SMILES string of the molecule is CC1CCN(c2ccc([C@H](C)O)cc2)C1CO. The molecule has 1 aliphatic rings. The van der Waals surface area contributed by atoms with Crippen molar-refractivity contribution in [2.24, 2.45) is 5.92 Å². The molecule has 2 N–H and O–H groups in total. The fourth-order valence-electron chi connectivity index (χ4n) is 2.55. The van der Waals surface area contributed by atoms with Gasteiger partial charge in [-0.05, 0) is 37.0 Å². The first kappa shape index (κ1) is 12.4. The van der Waals surface area contributed by atoms with Crippen molar-refractivity contribution in [2.45, 2.75) is 32.4 Å². The fourth-order valence-corrected chi connectivity index (χ4v) is 2.55. The van der Waals surface area contributed by atoms with Crippen LogP contribution in [-0.4, -0.2) is 29.4 Å². The molecule has 0 aliphatic carbocycles. The van der Waals surface area contributed by atoms with Crippen molar-refractivity contribution in [1.29, 1.82) is 0 Å². The third-order valence-electron chi connectivity index (χ3n) is 3.78. The minimum atomic E-state index is -0.421. The van der Waals surface area contributed by atoms with Gasteiger partial charge in [0.15, 0.2) is 0 Å². The summed E-state index contributed by atoms with van der Waals surface area (Å²) in [4.78, 5) is 2.26. The zero-order valence-electron chi connectivity index (χ0n) is 10.5. The normalized spacial score (nSPS) is 26.2. The molecule has 3 atom stereocenters. The average molecular weight is 235 g/mol. The van der Waals surface area contributed by atoms with Crippen LogP contribution in [0.25, 0.3) is 0 Å². The van der Waals surface area contributed by atoms with E-state index in [1.54, 1.807) is 6.92 Å². The largest absolute Gasteiger partial charge is 0.394 e. The molecule has 2 unspecified atom stereocenters. The summed E-state index contributed by atoms with van der Waals surface area (Å²) in [5.41, 5.74) is 2.07. The van der Waals surface area contributed by atoms with Crippen LogP contribution in [0.15, 0.2) is 24.3 Å². The van der Waals surface area contributed by atoms with Gasteiger partial charge in [-0.25, -0.2) is 0 Å². The van der Waals surface area contributed by atoms with E-state index in [1.807, 2.05) is 24.3 Å². The first-order valence-corrected chi connectivity index (χ1v) is 6.29. The second-order valence-corrected chi connectivity index (χ2v) is 4.98. The minimum Gasteiger partial charge on any atom is -0.394 e. The highest BCUT2D eigenvalue weighted by molar-refractivity contribution is 5.50. The van der Waals surface area contributed by atoms with Gasteiger partial charge in [0.25, 0.3) is 0 Å². The van der Waals surface area contributed by atoms with Gasteiger partial charge in [-0.3, -0.25) is 0 Å². The van der Waals surface area contributed by atoms with E-state index in [0.717, 1.165) is 24.2 Å². The van der Waals surface area contributed by atoms with Crippen LogP contribution in [0.4, 0.5) is 5.69 Å². The number of benzene rings is 1. The van der Waals surface area contributed by atoms with Crippen molar-refractivity contribution >= 4 is 5.69 Å². The van der Waals surface area contributed by atoms with Gasteiger partial charge in [-0.1, -0.05) is 19.1 Å². The third-order valence-corrected chi connectivity index (χ3v) is 3.78. The molecule has 1 aromatic rings. The Hall–Kier alpha value is -1.06. The second-order valence-electron chi connectivity index (χ2n) is 4.98. The maximum Gasteiger partial charge on any atom is 0.0761 e. The van der Waals surface area contributed by atoms with E-state index in [9.17, 15) is 10.2 Å². The van der Waals surface area contributed by atoms with Crippen LogP contribution in [0.3, 0.4) is 0 Å². The Labute approximate surface area is 103 Å². The van der Waals surface area contributed by atoms with Crippen LogP contribution in [0.1, 0.15) is 31.9 Å². The number of anilines is 1. The van der Waals surface area contributed by atoms with Crippen LogP contribution < -0.4 is 4.90 Å². The van der Waals surface area contributed by atoms with Crippen molar-refractivity contribution in [3.05, 3.63) is 29.8 Å². The topological polar surface area (TPSA) is 43.7 Å². The monoisotopic (exact) mass is 235 g/mol. The molecule has 3 nitrogen and oxygen atoms in total. The Bertz CT molecular complexity index is 361. The fraction of sp³-hybridized carbons (Fsp3) is 0.571. The van der Waals surface area contributed by atoms with Gasteiger partial charge in [-0.2, -0.15) is 0 Å². The molecular formula is C14H21NO2. The van der Waals surface area contributed by atoms with Crippen molar-refractivity contribution in [2.75, 3.05) is 18.1 Å². The molecule has 0 aromatic heterocycles. The van der Waals surface area contributed by atoms with E-state index in [-0.39, 0.29) is 12.6 Å². The Balaban J connectivity index is 2.17. The molecule has 1 saturated heterocycles. The molecule has 1 heterocycles. The first-order valence-electron chi connectivity index (χ1n) is 6.29. The summed E-state index contributed by atoms with van der Waals surface area (Å²) >= 11 is 0. The van der Waals surface area contributed by atoms with Gasteiger partial charge in [0.1, 0.15) is 0 Å². The zero-order valence-corrected chi connectivity index (χ0v) is 10.5. The predicted molar refractivity (Wildman–Crippen MR) is 69.1 cm³/mol. The molecule has 0 radical (unpaired) electrons. The van der Waals surface area contributed by atoms with Crippen LogP contribution in [0.2, 0.25) is 0 Å². The molecule has 1 fully saturated rings. The van der Waals surface area contributed by atoms with E-state index in [4.69, 9.17) is 0 Å². The maximum atomic E-state index is 9.47. The van der Waals surface area contributed by atoms with Gasteiger partial charge in [0, 0.05) is 12.2 Å². The molecule has 0 bridgehead atoms. The van der Waals surface area contributed by atoms with Crippen LogP contribution in [0.5, 0.6) is 0 Å². The molecule has 2 rings (SSSR count). The van der Waals surface area contributed by atoms with Gasteiger partial charge in [-0.15, -0.1) is 0 Å². The highest BCUT2D eigenvalue weighted by Gasteiger charge is 2.30. The van der Waals surface area contributed by atoms with Gasteiger partial charge in [0.05, 0.1) is 18.8 Å². The quantitative estimate of drug-likeness (QED) is 0.841. The second kappa shape index (κ2) is 5.07. The van der Waals surface area contributed by atoms with E-state index < -0.39 is 6.10 Å². The van der Waals surface area contributed by atoms with Gasteiger partial charge < -0.3 is 15.1 Å². The lowest BCUT2D eigenvalue weighted by Gasteiger charge is -2.27. The first-order chi connectivity index (χ1) is 8.13. The molecule has 0 saturated carbocycles. The highest BCUT2D eigenvalue weighted by atomic mass is 16.3. The average Bonchev–Trinajstić information content (AvgIpc) is 2.70. The Kier molecular flexibility index (Phi) is 3.69. The smallest absolute Gasteiger partial charge is 0.0761 e. The number of hydrogen-bond acceptors (Lipinski definition) is 3. The van der Waals surface area contributed by atoms with E-state index >= 15 is 0 Å². The van der Waals surface area contributed by atoms with E-state index in [2.05, 4.69) is 11.8 Å². The number of nitrogens with zero attached hydrogens (tertiary/aromatic N) is 1. The van der Waals surface area contributed by atoms with Crippen molar-refractivity contribution in [1.82, 2.24) is 0 Å². The summed E-state index contributed by atoms with van der Waals surface area (Å²) < 4.78 is 0. The number of hydrogen-bond donors (Lipinski definition) is 2. The summed E-state index contributed by atoms with van der Waals surface area (Å²) in [6.45, 7) is 5.16. The van der Waals surface area contributed by atoms with Crippen LogP contribution in [-0.2, 0) is 0 Å². The lowest BCUT2D eigenvalue weighted by molar-refractivity contribution is 0.199.